The van der Waals surface area contributed by atoms with Gasteiger partial charge in [-0.15, -0.1) is 0 Å². The first-order valence-corrected chi connectivity index (χ1v) is 8.67. The van der Waals surface area contributed by atoms with E-state index in [9.17, 15) is 13.2 Å². The summed E-state index contributed by atoms with van der Waals surface area (Å²) in [7, 11) is 0. The van der Waals surface area contributed by atoms with Crippen LogP contribution >= 0.6 is 15.9 Å². The molecule has 0 saturated carbocycles. The quantitative estimate of drug-likeness (QED) is 0.587. The monoisotopic (exact) mass is 376 g/mol. The van der Waals surface area contributed by atoms with Gasteiger partial charge in [-0.2, -0.15) is 13.2 Å². The minimum absolute atomic E-state index is 0.0412. The second-order valence-electron chi connectivity index (χ2n) is 5.42. The molecule has 0 saturated heterocycles. The van der Waals surface area contributed by atoms with E-state index in [1.807, 2.05) is 13.8 Å². The largest absolute Gasteiger partial charge is 0.418 e. The Morgan fingerprint density at radius 2 is 1.91 bits per heavy atom. The summed E-state index contributed by atoms with van der Waals surface area (Å²) in [6.07, 6.45) is 0.158. The highest BCUT2D eigenvalue weighted by atomic mass is 79.9. The molecule has 22 heavy (non-hydrogen) atoms. The van der Waals surface area contributed by atoms with Crippen LogP contribution in [0.1, 0.15) is 50.3 Å². The summed E-state index contributed by atoms with van der Waals surface area (Å²) in [5.41, 5.74) is 0.767. The van der Waals surface area contributed by atoms with Crippen LogP contribution in [0.15, 0.2) is 18.5 Å². The highest BCUT2D eigenvalue weighted by molar-refractivity contribution is 9.09. The predicted octanol–water partition coefficient (Wildman–Crippen LogP) is 5.74. The molecule has 2 nitrogen and oxygen atoms in total. The van der Waals surface area contributed by atoms with Gasteiger partial charge in [-0.25, -0.2) is 4.98 Å². The van der Waals surface area contributed by atoms with Gasteiger partial charge in [0.05, 0.1) is 22.9 Å². The topological polar surface area (TPSA) is 17.8 Å². The van der Waals surface area contributed by atoms with Crippen molar-refractivity contribution in [3.05, 3.63) is 29.6 Å². The van der Waals surface area contributed by atoms with Crippen LogP contribution in [0, 0.1) is 0 Å². The van der Waals surface area contributed by atoms with Crippen LogP contribution in [0.4, 0.5) is 13.2 Å². The van der Waals surface area contributed by atoms with Crippen LogP contribution < -0.4 is 0 Å². The van der Waals surface area contributed by atoms with Crippen molar-refractivity contribution in [3.63, 3.8) is 0 Å². The molecule has 2 rings (SSSR count). The average molecular weight is 377 g/mol. The molecule has 1 heterocycles. The summed E-state index contributed by atoms with van der Waals surface area (Å²) in [5.74, 6) is 0. The Kier molecular flexibility index (Phi) is 5.53. The van der Waals surface area contributed by atoms with E-state index in [1.54, 1.807) is 17.0 Å². The van der Waals surface area contributed by atoms with Gasteiger partial charge in [-0.3, -0.25) is 0 Å². The lowest BCUT2D eigenvalue weighted by Gasteiger charge is -2.19. The molecule has 0 atom stereocenters. The first-order valence-electron chi connectivity index (χ1n) is 7.54. The fourth-order valence-corrected chi connectivity index (χ4v) is 3.10. The summed E-state index contributed by atoms with van der Waals surface area (Å²) in [4.78, 5) is 4.23. The number of imidazole rings is 1. The van der Waals surface area contributed by atoms with Gasteiger partial charge >= 0.3 is 6.18 Å². The number of rotatable bonds is 6. The number of nitrogens with zero attached hydrogens (tertiary/aromatic N) is 2. The molecular weight excluding hydrogens is 357 g/mol. The molecule has 0 aliphatic rings. The molecule has 1 aromatic heterocycles. The second-order valence-corrected chi connectivity index (χ2v) is 6.22. The van der Waals surface area contributed by atoms with E-state index in [2.05, 4.69) is 20.9 Å². The van der Waals surface area contributed by atoms with Crippen molar-refractivity contribution in [2.45, 2.75) is 51.7 Å². The highest BCUT2D eigenvalue weighted by Gasteiger charge is 2.35. The van der Waals surface area contributed by atoms with Crippen LogP contribution in [0.2, 0.25) is 0 Å². The van der Waals surface area contributed by atoms with Crippen molar-refractivity contribution in [1.29, 1.82) is 0 Å². The van der Waals surface area contributed by atoms with Gasteiger partial charge in [0, 0.05) is 11.4 Å². The van der Waals surface area contributed by atoms with Crippen LogP contribution in [0.25, 0.3) is 11.0 Å². The number of fused-ring (bicyclic) bond motifs is 1. The van der Waals surface area contributed by atoms with Gasteiger partial charge in [0.25, 0.3) is 0 Å². The van der Waals surface area contributed by atoms with Crippen LogP contribution in [0.3, 0.4) is 0 Å². The normalized spacial score (nSPS) is 12.5. The summed E-state index contributed by atoms with van der Waals surface area (Å²) in [5, 5.41) is 0.772. The summed E-state index contributed by atoms with van der Waals surface area (Å²) in [6, 6.07) is 3.11. The second kappa shape index (κ2) is 7.02. The van der Waals surface area contributed by atoms with Crippen molar-refractivity contribution in [1.82, 2.24) is 9.55 Å². The van der Waals surface area contributed by atoms with Gasteiger partial charge in [0.1, 0.15) is 0 Å². The molecule has 0 aliphatic heterocycles. The number of alkyl halides is 4. The smallest absolute Gasteiger partial charge is 0.327 e. The van der Waals surface area contributed by atoms with Gasteiger partial charge in [0.15, 0.2) is 0 Å². The molecule has 0 aliphatic carbocycles. The molecule has 6 heteroatoms. The fraction of sp³-hybridized carbons (Fsp3) is 0.562. The lowest BCUT2D eigenvalue weighted by molar-refractivity contribution is -0.136. The van der Waals surface area contributed by atoms with Gasteiger partial charge < -0.3 is 4.57 Å². The summed E-state index contributed by atoms with van der Waals surface area (Å²) >= 11 is 3.31. The Hall–Kier alpha value is -1.04. The standard InChI is InChI=1S/C16H20BrF3N2/c1-3-12(4-2)22-10-21-14-9-11(6-5-7-17)8-13(15(14)22)16(18,19)20/h8-10,12H,3-7H2,1-2H3. The molecule has 0 N–H and O–H groups in total. The Balaban J connectivity index is 2.63. The van der Waals surface area contributed by atoms with E-state index < -0.39 is 11.7 Å². The molecule has 1 aromatic carbocycles. The van der Waals surface area contributed by atoms with Crippen LogP contribution in [-0.2, 0) is 12.6 Å². The van der Waals surface area contributed by atoms with Crippen molar-refractivity contribution < 1.29 is 13.2 Å². The number of benzene rings is 1. The molecule has 0 spiro atoms. The van der Waals surface area contributed by atoms with Crippen molar-refractivity contribution in [2.24, 2.45) is 0 Å². The Bertz CT molecular complexity index is 630. The maximum atomic E-state index is 13.5. The lowest BCUT2D eigenvalue weighted by atomic mass is 10.0. The molecule has 2 aromatic rings. The van der Waals surface area contributed by atoms with Crippen molar-refractivity contribution in [2.75, 3.05) is 5.33 Å². The number of aryl methyl sites for hydroxylation is 1. The average Bonchev–Trinajstić information content (AvgIpc) is 2.88. The summed E-state index contributed by atoms with van der Waals surface area (Å²) < 4.78 is 42.2. The van der Waals surface area contributed by atoms with E-state index in [0.717, 1.165) is 24.6 Å². The first-order chi connectivity index (χ1) is 10.4. The Labute approximate surface area is 136 Å². The molecule has 0 amide bonds. The van der Waals surface area contributed by atoms with E-state index >= 15 is 0 Å². The molecule has 0 bridgehead atoms. The first kappa shape index (κ1) is 17.3. The number of hydrogen-bond acceptors (Lipinski definition) is 1. The fourth-order valence-electron chi connectivity index (χ4n) is 2.82. The zero-order chi connectivity index (χ0) is 16.3. The van der Waals surface area contributed by atoms with E-state index in [1.165, 1.54) is 6.07 Å². The number of aromatic nitrogens is 2. The zero-order valence-electron chi connectivity index (χ0n) is 12.8. The Morgan fingerprint density at radius 1 is 1.23 bits per heavy atom. The van der Waals surface area contributed by atoms with Gasteiger partial charge in [-0.05, 0) is 43.4 Å². The predicted molar refractivity (Wildman–Crippen MR) is 86.5 cm³/mol. The SMILES string of the molecule is CCC(CC)n1cnc2cc(CCCBr)cc(C(F)(F)F)c21. The third kappa shape index (κ3) is 3.47. The zero-order valence-corrected chi connectivity index (χ0v) is 14.3. The maximum absolute atomic E-state index is 13.5. The molecule has 0 fully saturated rings. The molecule has 0 unspecified atom stereocenters. The molecule has 122 valence electrons. The van der Waals surface area contributed by atoms with Crippen LogP contribution in [0.5, 0.6) is 0 Å². The van der Waals surface area contributed by atoms with Crippen LogP contribution in [-0.4, -0.2) is 14.9 Å². The highest BCUT2D eigenvalue weighted by Crippen LogP contribution is 2.37. The number of halogens is 4. The third-order valence-electron chi connectivity index (χ3n) is 3.97. The summed E-state index contributed by atoms with van der Waals surface area (Å²) in [6.45, 7) is 3.97. The minimum Gasteiger partial charge on any atom is -0.327 e. The van der Waals surface area contributed by atoms with Crippen molar-refractivity contribution >= 4 is 27.0 Å². The molecule has 0 radical (unpaired) electrons. The van der Waals surface area contributed by atoms with Gasteiger partial charge in [-0.1, -0.05) is 29.8 Å². The van der Waals surface area contributed by atoms with E-state index in [-0.39, 0.29) is 11.6 Å². The maximum Gasteiger partial charge on any atom is 0.418 e. The van der Waals surface area contributed by atoms with E-state index in [0.29, 0.717) is 17.5 Å². The minimum atomic E-state index is -4.37. The van der Waals surface area contributed by atoms with Crippen molar-refractivity contribution in [3.8, 4) is 0 Å². The third-order valence-corrected chi connectivity index (χ3v) is 4.53. The van der Waals surface area contributed by atoms with Gasteiger partial charge in [0.2, 0.25) is 0 Å². The number of hydrogen-bond donors (Lipinski definition) is 0. The Morgan fingerprint density at radius 3 is 2.45 bits per heavy atom. The van der Waals surface area contributed by atoms with E-state index in [4.69, 9.17) is 0 Å². The lowest BCUT2D eigenvalue weighted by Crippen LogP contribution is -2.12. The molecular formula is C16H20BrF3N2.